The van der Waals surface area contributed by atoms with Gasteiger partial charge in [0.2, 0.25) is 10.0 Å². The monoisotopic (exact) mass is 331 g/mol. The largest absolute Gasteiger partial charge is 0.243 e. The van der Waals surface area contributed by atoms with Crippen LogP contribution in [0.3, 0.4) is 0 Å². The van der Waals surface area contributed by atoms with Crippen LogP contribution in [0.2, 0.25) is 0 Å². The summed E-state index contributed by atoms with van der Waals surface area (Å²) >= 11 is 0. The smallest absolute Gasteiger partial charge is 0.224 e. The van der Waals surface area contributed by atoms with Crippen LogP contribution in [0.4, 0.5) is 0 Å². The normalized spacial score (nSPS) is 24.9. The third kappa shape index (κ3) is 3.64. The van der Waals surface area contributed by atoms with Gasteiger partial charge < -0.3 is 0 Å². The third-order valence-electron chi connectivity index (χ3n) is 3.71. The quantitative estimate of drug-likeness (QED) is 0.846. The molecule has 0 bridgehead atoms. The third-order valence-corrected chi connectivity index (χ3v) is 6.64. The summed E-state index contributed by atoms with van der Waals surface area (Å²) in [7, 11) is -7.06. The minimum absolute atomic E-state index is 0.0293. The van der Waals surface area contributed by atoms with Gasteiger partial charge in [0, 0.05) is 19.3 Å². The fourth-order valence-corrected chi connectivity index (χ4v) is 5.28. The van der Waals surface area contributed by atoms with Crippen LogP contribution in [0.25, 0.3) is 0 Å². The molecule has 1 saturated heterocycles. The van der Waals surface area contributed by atoms with Crippen LogP contribution in [-0.2, 0) is 19.9 Å². The highest BCUT2D eigenvalue weighted by atomic mass is 32.2. The second kappa shape index (κ2) is 5.70. The number of sulfonamides is 1. The van der Waals surface area contributed by atoms with Gasteiger partial charge >= 0.3 is 0 Å². The number of hydrogen-bond donors (Lipinski definition) is 0. The molecule has 0 aromatic heterocycles. The first-order chi connectivity index (χ1) is 9.60. The number of piperidine rings is 1. The Labute approximate surface area is 126 Å². The highest BCUT2D eigenvalue weighted by molar-refractivity contribution is 7.91. The molecule has 0 saturated carbocycles. The molecule has 2 unspecified atom stereocenters. The lowest BCUT2D eigenvalue weighted by molar-refractivity contribution is 0.222. The molecule has 0 N–H and O–H groups in total. The molecular weight excluding hydrogens is 310 g/mol. The van der Waals surface area contributed by atoms with Crippen LogP contribution in [0.1, 0.15) is 20.3 Å². The molecule has 0 amide bonds. The molecule has 2 rings (SSSR count). The lowest BCUT2D eigenvalue weighted by atomic mass is 9.94. The van der Waals surface area contributed by atoms with Crippen molar-refractivity contribution in [1.29, 1.82) is 0 Å². The van der Waals surface area contributed by atoms with E-state index in [0.717, 1.165) is 12.7 Å². The molecule has 118 valence electrons. The van der Waals surface area contributed by atoms with Crippen molar-refractivity contribution in [3.05, 3.63) is 24.3 Å². The first-order valence-corrected chi connectivity index (χ1v) is 10.2. The average molecular weight is 331 g/mol. The van der Waals surface area contributed by atoms with Crippen molar-refractivity contribution in [3.63, 3.8) is 0 Å². The van der Waals surface area contributed by atoms with E-state index in [1.54, 1.807) is 0 Å². The molecule has 1 aliphatic heterocycles. The van der Waals surface area contributed by atoms with E-state index in [0.29, 0.717) is 24.9 Å². The van der Waals surface area contributed by atoms with Crippen LogP contribution in [0.5, 0.6) is 0 Å². The van der Waals surface area contributed by atoms with Crippen molar-refractivity contribution in [2.75, 3.05) is 19.3 Å². The Kier molecular flexibility index (Phi) is 4.46. The number of rotatable bonds is 3. The first kappa shape index (κ1) is 16.5. The maximum Gasteiger partial charge on any atom is 0.243 e. The molecular formula is C14H21NO4S2. The number of benzene rings is 1. The SMILES string of the molecule is CC1CC(C)CN(S(=O)(=O)c2cccc(S(C)(=O)=O)c2)C1. The van der Waals surface area contributed by atoms with Gasteiger partial charge in [0.05, 0.1) is 9.79 Å². The van der Waals surface area contributed by atoms with Gasteiger partial charge in [-0.2, -0.15) is 4.31 Å². The Morgan fingerprint density at radius 1 is 1.00 bits per heavy atom. The summed E-state index contributed by atoms with van der Waals surface area (Å²) < 4.78 is 50.0. The molecule has 1 heterocycles. The molecule has 1 aromatic carbocycles. The minimum atomic E-state index is -3.64. The summed E-state index contributed by atoms with van der Waals surface area (Å²) in [5, 5.41) is 0. The standard InChI is InChI=1S/C14H21NO4S2/c1-11-7-12(2)10-15(9-11)21(18,19)14-6-4-5-13(8-14)20(3,16)17/h4-6,8,11-12H,7,9-10H2,1-3H3. The molecule has 0 spiro atoms. The highest BCUT2D eigenvalue weighted by Gasteiger charge is 2.32. The zero-order valence-electron chi connectivity index (χ0n) is 12.5. The molecule has 5 nitrogen and oxygen atoms in total. The van der Waals surface area contributed by atoms with E-state index in [1.165, 1.54) is 28.6 Å². The van der Waals surface area contributed by atoms with Gasteiger partial charge in [-0.25, -0.2) is 16.8 Å². The summed E-state index contributed by atoms with van der Waals surface area (Å²) in [5.41, 5.74) is 0. The van der Waals surface area contributed by atoms with Crippen molar-refractivity contribution >= 4 is 19.9 Å². The molecule has 1 aliphatic rings. The number of hydrogen-bond acceptors (Lipinski definition) is 4. The second-order valence-corrected chi connectivity index (χ2v) is 9.97. The molecule has 7 heteroatoms. The molecule has 1 aromatic rings. The predicted octanol–water partition coefficient (Wildman–Crippen LogP) is 1.76. The van der Waals surface area contributed by atoms with Gasteiger partial charge in [0.25, 0.3) is 0 Å². The molecule has 1 fully saturated rings. The molecule has 0 aliphatic carbocycles. The fraction of sp³-hybridized carbons (Fsp3) is 0.571. The number of sulfone groups is 1. The zero-order chi connectivity index (χ0) is 15.8. The topological polar surface area (TPSA) is 71.5 Å². The Hall–Kier alpha value is -0.920. The van der Waals surface area contributed by atoms with E-state index >= 15 is 0 Å². The van der Waals surface area contributed by atoms with Gasteiger partial charge in [-0.15, -0.1) is 0 Å². The van der Waals surface area contributed by atoms with Crippen LogP contribution < -0.4 is 0 Å². The highest BCUT2D eigenvalue weighted by Crippen LogP contribution is 2.27. The summed E-state index contributed by atoms with van der Waals surface area (Å²) in [4.78, 5) is 0.0772. The van der Waals surface area contributed by atoms with Gasteiger partial charge in [-0.3, -0.25) is 0 Å². The summed E-state index contributed by atoms with van der Waals surface area (Å²) in [6.07, 6.45) is 2.08. The predicted molar refractivity (Wildman–Crippen MR) is 81.3 cm³/mol. The Morgan fingerprint density at radius 2 is 1.52 bits per heavy atom. The van der Waals surface area contributed by atoms with E-state index in [2.05, 4.69) is 0 Å². The summed E-state index contributed by atoms with van der Waals surface area (Å²) in [5.74, 6) is 0.614. The van der Waals surface area contributed by atoms with Crippen molar-refractivity contribution in [3.8, 4) is 0 Å². The molecule has 21 heavy (non-hydrogen) atoms. The minimum Gasteiger partial charge on any atom is -0.224 e. The van der Waals surface area contributed by atoms with Crippen LogP contribution in [0.15, 0.2) is 34.1 Å². The molecule has 0 radical (unpaired) electrons. The summed E-state index contributed by atoms with van der Waals surface area (Å²) in [6, 6.07) is 5.58. The van der Waals surface area contributed by atoms with Crippen molar-refractivity contribution in [2.45, 2.75) is 30.1 Å². The lowest BCUT2D eigenvalue weighted by Gasteiger charge is -2.34. The van der Waals surface area contributed by atoms with Crippen LogP contribution >= 0.6 is 0 Å². The maximum absolute atomic E-state index is 12.7. The lowest BCUT2D eigenvalue weighted by Crippen LogP contribution is -2.42. The van der Waals surface area contributed by atoms with Crippen LogP contribution in [-0.4, -0.2) is 40.5 Å². The average Bonchev–Trinajstić information content (AvgIpc) is 2.36. The summed E-state index contributed by atoms with van der Waals surface area (Å²) in [6.45, 7) is 5.03. The Bertz CT molecular complexity index is 715. The van der Waals surface area contributed by atoms with Gasteiger partial charge in [-0.1, -0.05) is 19.9 Å². The van der Waals surface area contributed by atoms with E-state index in [-0.39, 0.29) is 9.79 Å². The van der Waals surface area contributed by atoms with Gasteiger partial charge in [0.1, 0.15) is 0 Å². The van der Waals surface area contributed by atoms with Crippen molar-refractivity contribution < 1.29 is 16.8 Å². The number of nitrogens with zero attached hydrogens (tertiary/aromatic N) is 1. The van der Waals surface area contributed by atoms with E-state index in [1.807, 2.05) is 13.8 Å². The Morgan fingerprint density at radius 3 is 2.05 bits per heavy atom. The van der Waals surface area contributed by atoms with E-state index in [9.17, 15) is 16.8 Å². The van der Waals surface area contributed by atoms with E-state index < -0.39 is 19.9 Å². The van der Waals surface area contributed by atoms with Gasteiger partial charge in [-0.05, 0) is 36.5 Å². The first-order valence-electron chi connectivity index (χ1n) is 6.91. The van der Waals surface area contributed by atoms with E-state index in [4.69, 9.17) is 0 Å². The van der Waals surface area contributed by atoms with Crippen LogP contribution in [0, 0.1) is 11.8 Å². The Balaban J connectivity index is 2.40. The molecule has 2 atom stereocenters. The maximum atomic E-state index is 12.7. The van der Waals surface area contributed by atoms with Crippen molar-refractivity contribution in [2.24, 2.45) is 11.8 Å². The fourth-order valence-electron chi connectivity index (χ4n) is 2.82. The second-order valence-electron chi connectivity index (χ2n) is 6.02. The van der Waals surface area contributed by atoms with Crippen molar-refractivity contribution in [1.82, 2.24) is 4.31 Å². The zero-order valence-corrected chi connectivity index (χ0v) is 14.1. The van der Waals surface area contributed by atoms with Gasteiger partial charge in [0.15, 0.2) is 9.84 Å².